The van der Waals surface area contributed by atoms with Crippen LogP contribution in [0, 0.1) is 0 Å². The first-order valence-corrected chi connectivity index (χ1v) is 11.3. The third-order valence-corrected chi connectivity index (χ3v) is 6.12. The van der Waals surface area contributed by atoms with Crippen molar-refractivity contribution in [3.63, 3.8) is 0 Å². The number of rotatable bonds is 7. The average molecular weight is 486 g/mol. The van der Waals surface area contributed by atoms with E-state index in [4.69, 9.17) is 4.52 Å². The lowest BCUT2D eigenvalue weighted by Gasteiger charge is -2.36. The number of Topliss-reactive ketones (excluding diaryl/α,β-unsaturated/α-hetero) is 1. The summed E-state index contributed by atoms with van der Waals surface area (Å²) in [5.74, 6) is 0.269. The Balaban J connectivity index is 1.30. The summed E-state index contributed by atoms with van der Waals surface area (Å²) in [6, 6.07) is 13.4. The zero-order valence-corrected chi connectivity index (χ0v) is 19.2. The van der Waals surface area contributed by atoms with Gasteiger partial charge in [0.1, 0.15) is 0 Å². The van der Waals surface area contributed by atoms with Crippen molar-refractivity contribution in [2.45, 2.75) is 32.0 Å². The number of hydrogen-bond donors (Lipinski definition) is 0. The number of aromatic nitrogens is 2. The lowest BCUT2D eigenvalue weighted by Crippen LogP contribution is -2.49. The number of carbonyl (C=O) groups excluding carboxylic acids is 2. The largest absolute Gasteiger partial charge is 0.416 e. The molecule has 0 saturated carbocycles. The molecule has 7 nitrogen and oxygen atoms in total. The van der Waals surface area contributed by atoms with Crippen LogP contribution in [0.5, 0.6) is 0 Å². The number of ketones is 1. The maximum Gasteiger partial charge on any atom is 0.416 e. The maximum absolute atomic E-state index is 13.0. The number of nitrogens with zero attached hydrogens (tertiary/aromatic N) is 4. The second-order valence-corrected chi connectivity index (χ2v) is 8.42. The molecule has 35 heavy (non-hydrogen) atoms. The Labute approximate surface area is 200 Å². The molecule has 0 radical (unpaired) electrons. The van der Waals surface area contributed by atoms with Crippen molar-refractivity contribution in [1.29, 1.82) is 0 Å². The van der Waals surface area contributed by atoms with E-state index in [0.717, 1.165) is 12.1 Å². The molecule has 1 aliphatic rings. The van der Waals surface area contributed by atoms with Gasteiger partial charge >= 0.3 is 6.18 Å². The van der Waals surface area contributed by atoms with E-state index in [0.29, 0.717) is 37.6 Å². The predicted molar refractivity (Wildman–Crippen MR) is 121 cm³/mol. The first-order chi connectivity index (χ1) is 16.7. The molecular weight excluding hydrogens is 461 g/mol. The van der Waals surface area contributed by atoms with Crippen molar-refractivity contribution >= 4 is 11.7 Å². The summed E-state index contributed by atoms with van der Waals surface area (Å²) in [6.07, 6.45) is -4.13. The molecule has 184 valence electrons. The van der Waals surface area contributed by atoms with Gasteiger partial charge in [0.15, 0.2) is 5.78 Å². The van der Waals surface area contributed by atoms with Crippen LogP contribution in [-0.4, -0.2) is 57.8 Å². The lowest BCUT2D eigenvalue weighted by molar-refractivity contribution is -0.137. The Hall–Kier alpha value is -3.53. The number of carbonyl (C=O) groups is 2. The van der Waals surface area contributed by atoms with E-state index in [9.17, 15) is 22.8 Å². The molecule has 1 aromatic heterocycles. The maximum atomic E-state index is 13.0. The molecule has 1 fully saturated rings. The second-order valence-electron chi connectivity index (χ2n) is 8.42. The molecule has 1 aliphatic heterocycles. The highest BCUT2D eigenvalue weighted by molar-refractivity contribution is 5.97. The van der Waals surface area contributed by atoms with E-state index in [1.165, 1.54) is 12.1 Å². The SMILES string of the molecule is CC(c1nc(-c2cccc(C(F)(F)F)c2)no1)N1CCN(C(=O)CCC(=O)c2ccccc2)CC1. The van der Waals surface area contributed by atoms with Crippen LogP contribution >= 0.6 is 0 Å². The molecule has 0 bridgehead atoms. The van der Waals surface area contributed by atoms with Gasteiger partial charge in [-0.25, -0.2) is 0 Å². The number of piperazine rings is 1. The van der Waals surface area contributed by atoms with Crippen LogP contribution < -0.4 is 0 Å². The average Bonchev–Trinajstić information content (AvgIpc) is 3.37. The summed E-state index contributed by atoms with van der Waals surface area (Å²) >= 11 is 0. The van der Waals surface area contributed by atoms with E-state index in [1.54, 1.807) is 29.2 Å². The van der Waals surface area contributed by atoms with Crippen molar-refractivity contribution in [2.24, 2.45) is 0 Å². The molecule has 2 heterocycles. The van der Waals surface area contributed by atoms with Crippen molar-refractivity contribution in [2.75, 3.05) is 26.2 Å². The predicted octanol–water partition coefficient (Wildman–Crippen LogP) is 4.62. The van der Waals surface area contributed by atoms with Crippen molar-refractivity contribution in [1.82, 2.24) is 19.9 Å². The Bertz CT molecular complexity index is 1170. The first-order valence-electron chi connectivity index (χ1n) is 11.3. The number of amides is 1. The normalized spacial score (nSPS) is 15.7. The van der Waals surface area contributed by atoms with E-state index in [2.05, 4.69) is 15.0 Å². The van der Waals surface area contributed by atoms with Gasteiger partial charge in [-0.2, -0.15) is 18.2 Å². The summed E-state index contributed by atoms with van der Waals surface area (Å²) in [5, 5.41) is 3.86. The fourth-order valence-electron chi connectivity index (χ4n) is 4.02. The summed E-state index contributed by atoms with van der Waals surface area (Å²) < 4.78 is 44.3. The van der Waals surface area contributed by atoms with Gasteiger partial charge in [0.2, 0.25) is 17.6 Å². The minimum Gasteiger partial charge on any atom is -0.340 e. The monoisotopic (exact) mass is 486 g/mol. The summed E-state index contributed by atoms with van der Waals surface area (Å²) in [6.45, 7) is 4.01. The number of hydrogen-bond acceptors (Lipinski definition) is 6. The Morgan fingerprint density at radius 3 is 2.40 bits per heavy atom. The molecule has 1 amide bonds. The minimum atomic E-state index is -4.46. The fourth-order valence-corrected chi connectivity index (χ4v) is 4.02. The molecule has 1 saturated heterocycles. The van der Waals surface area contributed by atoms with E-state index < -0.39 is 11.7 Å². The summed E-state index contributed by atoms with van der Waals surface area (Å²) in [4.78, 5) is 32.9. The Morgan fingerprint density at radius 1 is 1.00 bits per heavy atom. The topological polar surface area (TPSA) is 79.5 Å². The first kappa shape index (κ1) is 24.6. The fraction of sp³-hybridized carbons (Fsp3) is 0.360. The molecule has 1 atom stereocenters. The van der Waals surface area contributed by atoms with Crippen LogP contribution in [-0.2, 0) is 11.0 Å². The van der Waals surface area contributed by atoms with Gasteiger partial charge in [0.05, 0.1) is 11.6 Å². The van der Waals surface area contributed by atoms with Gasteiger partial charge in [-0.15, -0.1) is 0 Å². The molecule has 10 heteroatoms. The van der Waals surface area contributed by atoms with E-state index >= 15 is 0 Å². The van der Waals surface area contributed by atoms with Crippen LogP contribution in [0.25, 0.3) is 11.4 Å². The standard InChI is InChI=1S/C25H25F3N4O3/c1-17(24-29-23(30-35-24)19-8-5-9-20(16-19)25(26,27)28)31-12-14-32(15-13-31)22(34)11-10-21(33)18-6-3-2-4-7-18/h2-9,16-17H,10-15H2,1H3. The number of benzene rings is 2. The molecule has 3 aromatic rings. The van der Waals surface area contributed by atoms with Gasteiger partial charge < -0.3 is 9.42 Å². The quantitative estimate of drug-likeness (QED) is 0.454. The van der Waals surface area contributed by atoms with Crippen molar-refractivity contribution in [3.8, 4) is 11.4 Å². The van der Waals surface area contributed by atoms with Crippen LogP contribution in [0.1, 0.15) is 47.6 Å². The van der Waals surface area contributed by atoms with Gasteiger partial charge in [-0.05, 0) is 19.1 Å². The molecule has 0 spiro atoms. The minimum absolute atomic E-state index is 0.0563. The Kier molecular flexibility index (Phi) is 7.30. The van der Waals surface area contributed by atoms with Gasteiger partial charge in [-0.1, -0.05) is 47.6 Å². The second kappa shape index (κ2) is 10.4. The smallest absolute Gasteiger partial charge is 0.340 e. The van der Waals surface area contributed by atoms with Gasteiger partial charge in [-0.3, -0.25) is 14.5 Å². The van der Waals surface area contributed by atoms with Crippen LogP contribution in [0.15, 0.2) is 59.1 Å². The third kappa shape index (κ3) is 5.94. The highest BCUT2D eigenvalue weighted by atomic mass is 19.4. The molecule has 0 N–H and O–H groups in total. The van der Waals surface area contributed by atoms with Crippen LogP contribution in [0.3, 0.4) is 0 Å². The van der Waals surface area contributed by atoms with Crippen molar-refractivity contribution in [3.05, 3.63) is 71.6 Å². The molecular formula is C25H25F3N4O3. The van der Waals surface area contributed by atoms with Gasteiger partial charge in [0, 0.05) is 50.1 Å². The zero-order chi connectivity index (χ0) is 25.0. The highest BCUT2D eigenvalue weighted by Crippen LogP contribution is 2.32. The third-order valence-electron chi connectivity index (χ3n) is 6.12. The van der Waals surface area contributed by atoms with Crippen LogP contribution in [0.2, 0.25) is 0 Å². The van der Waals surface area contributed by atoms with E-state index in [1.807, 2.05) is 13.0 Å². The molecule has 1 unspecified atom stereocenters. The lowest BCUT2D eigenvalue weighted by atomic mass is 10.1. The Morgan fingerprint density at radius 2 is 1.71 bits per heavy atom. The molecule has 0 aliphatic carbocycles. The summed E-state index contributed by atoms with van der Waals surface area (Å²) in [5.41, 5.74) is 0.0474. The molecule has 4 rings (SSSR count). The summed E-state index contributed by atoms with van der Waals surface area (Å²) in [7, 11) is 0. The number of halogens is 3. The highest BCUT2D eigenvalue weighted by Gasteiger charge is 2.31. The van der Waals surface area contributed by atoms with Gasteiger partial charge in [0.25, 0.3) is 0 Å². The number of alkyl halides is 3. The zero-order valence-electron chi connectivity index (χ0n) is 19.2. The molecule has 2 aromatic carbocycles. The van der Waals surface area contributed by atoms with Crippen LogP contribution in [0.4, 0.5) is 13.2 Å². The van der Waals surface area contributed by atoms with Crippen molar-refractivity contribution < 1.29 is 27.3 Å². The van der Waals surface area contributed by atoms with E-state index in [-0.39, 0.29) is 42.0 Å².